The summed E-state index contributed by atoms with van der Waals surface area (Å²) in [6.45, 7) is -1.24. The largest absolute Gasteiger partial charge is 0.504 e. The fourth-order valence-corrected chi connectivity index (χ4v) is 2.94. The lowest BCUT2D eigenvalue weighted by molar-refractivity contribution is -0.278. The van der Waals surface area contributed by atoms with Crippen molar-refractivity contribution in [2.75, 3.05) is 6.61 Å². The van der Waals surface area contributed by atoms with Crippen LogP contribution in [0, 0.1) is 0 Å². The molecule has 178 valence electrons. The van der Waals surface area contributed by atoms with E-state index < -0.39 is 61.1 Å². The van der Waals surface area contributed by atoms with Crippen molar-refractivity contribution in [3.8, 4) is 17.2 Å². The molecule has 2 heterocycles. The Balaban J connectivity index is 1.69. The molecule has 1 aliphatic heterocycles. The van der Waals surface area contributed by atoms with Gasteiger partial charge < -0.3 is 49.3 Å². The average Bonchev–Trinajstić information content (AvgIpc) is 2.80. The van der Waals surface area contributed by atoms with E-state index >= 15 is 0 Å². The number of carbonyl (C=O) groups is 1. The third-order valence-corrected chi connectivity index (χ3v) is 4.75. The zero-order valence-corrected chi connectivity index (χ0v) is 17.0. The predicted octanol–water partition coefficient (Wildman–Crippen LogP) is -1.01. The summed E-state index contributed by atoms with van der Waals surface area (Å²) in [6, 6.07) is 4.91. The van der Waals surface area contributed by atoms with Crippen molar-refractivity contribution in [3.05, 3.63) is 58.2 Å². The number of phenols is 2. The maximum atomic E-state index is 12.3. The van der Waals surface area contributed by atoms with Gasteiger partial charge in [-0.3, -0.25) is 4.79 Å². The molecule has 5 atom stereocenters. The standard InChI is InChI=1S/C21H22O12/c22-8-14-17(27)18(28)19(29)21(32-14)33-20-12(24)5-6-30-15(20)9-31-16(26)4-2-10-1-3-11(23)13(25)7-10/h1-7,14,17-19,21-23,25,27-29H,8-9H2/b4-2+/t14-,17-,18+,19-,21+/m1/s1. The minimum Gasteiger partial charge on any atom is -0.504 e. The molecule has 2 aromatic rings. The lowest BCUT2D eigenvalue weighted by Gasteiger charge is -2.39. The number of ether oxygens (including phenoxy) is 3. The molecule has 0 radical (unpaired) electrons. The Labute approximate surface area is 186 Å². The molecule has 1 aliphatic rings. The molecule has 12 nitrogen and oxygen atoms in total. The van der Waals surface area contributed by atoms with Gasteiger partial charge in [-0.25, -0.2) is 4.79 Å². The summed E-state index contributed by atoms with van der Waals surface area (Å²) < 4.78 is 20.7. The molecule has 3 rings (SSSR count). The number of carbonyl (C=O) groups excluding carboxylic acids is 1. The number of esters is 1. The number of benzene rings is 1. The van der Waals surface area contributed by atoms with Crippen LogP contribution >= 0.6 is 0 Å². The second kappa shape index (κ2) is 10.5. The Kier molecular flexibility index (Phi) is 7.68. The van der Waals surface area contributed by atoms with Crippen LogP contribution in [0.15, 0.2) is 45.8 Å². The third kappa shape index (κ3) is 5.69. The summed E-state index contributed by atoms with van der Waals surface area (Å²) in [6.07, 6.45) is -4.61. The van der Waals surface area contributed by atoms with E-state index in [9.17, 15) is 40.2 Å². The van der Waals surface area contributed by atoms with Gasteiger partial charge in [0.15, 0.2) is 23.9 Å². The van der Waals surface area contributed by atoms with Crippen LogP contribution in [0.25, 0.3) is 6.08 Å². The number of aliphatic hydroxyl groups excluding tert-OH is 4. The minimum atomic E-state index is -1.76. The van der Waals surface area contributed by atoms with Crippen LogP contribution in [0.1, 0.15) is 11.3 Å². The molecular weight excluding hydrogens is 444 g/mol. The van der Waals surface area contributed by atoms with E-state index in [0.717, 1.165) is 18.4 Å². The number of rotatable bonds is 7. The zero-order chi connectivity index (χ0) is 24.1. The number of hydrogen-bond acceptors (Lipinski definition) is 12. The topological polar surface area (TPSA) is 196 Å². The summed E-state index contributed by atoms with van der Waals surface area (Å²) in [5.74, 6) is -2.23. The highest BCUT2D eigenvalue weighted by Gasteiger charge is 2.45. The molecule has 0 spiro atoms. The lowest BCUT2D eigenvalue weighted by atomic mass is 9.99. The second-order valence-electron chi connectivity index (χ2n) is 7.04. The van der Waals surface area contributed by atoms with Gasteiger partial charge in [0.2, 0.25) is 17.5 Å². The van der Waals surface area contributed by atoms with E-state index in [4.69, 9.17) is 18.6 Å². The number of aromatic hydroxyl groups is 2. The Morgan fingerprint density at radius 2 is 1.82 bits per heavy atom. The molecule has 1 aromatic carbocycles. The van der Waals surface area contributed by atoms with Gasteiger partial charge in [-0.15, -0.1) is 0 Å². The van der Waals surface area contributed by atoms with E-state index in [0.29, 0.717) is 5.56 Å². The van der Waals surface area contributed by atoms with Crippen LogP contribution in [0.5, 0.6) is 17.2 Å². The molecule has 1 fully saturated rings. The quantitative estimate of drug-likeness (QED) is 0.165. The first-order chi connectivity index (χ1) is 15.7. The normalized spacial score (nSPS) is 25.2. The molecule has 0 bridgehead atoms. The maximum Gasteiger partial charge on any atom is 0.331 e. The number of hydrogen-bond donors (Lipinski definition) is 6. The van der Waals surface area contributed by atoms with Crippen molar-refractivity contribution in [1.82, 2.24) is 0 Å². The third-order valence-electron chi connectivity index (χ3n) is 4.75. The van der Waals surface area contributed by atoms with E-state index in [1.807, 2.05) is 0 Å². The van der Waals surface area contributed by atoms with E-state index in [2.05, 4.69) is 0 Å². The first-order valence-electron chi connectivity index (χ1n) is 9.66. The molecule has 0 amide bonds. The smallest absolute Gasteiger partial charge is 0.331 e. The van der Waals surface area contributed by atoms with E-state index in [-0.39, 0.29) is 17.3 Å². The molecule has 0 unspecified atom stereocenters. The highest BCUT2D eigenvalue weighted by molar-refractivity contribution is 5.87. The Morgan fingerprint density at radius 3 is 2.52 bits per heavy atom. The summed E-state index contributed by atoms with van der Waals surface area (Å²) in [5.41, 5.74) is -0.306. The van der Waals surface area contributed by atoms with Crippen molar-refractivity contribution in [1.29, 1.82) is 0 Å². The summed E-state index contributed by atoms with van der Waals surface area (Å²) in [7, 11) is 0. The van der Waals surface area contributed by atoms with Crippen molar-refractivity contribution in [3.63, 3.8) is 0 Å². The number of phenolic OH excluding ortho intramolecular Hbond substituents is 2. The van der Waals surface area contributed by atoms with Crippen LogP contribution in [0.3, 0.4) is 0 Å². The highest BCUT2D eigenvalue weighted by Crippen LogP contribution is 2.26. The molecule has 6 N–H and O–H groups in total. The Morgan fingerprint density at radius 1 is 1.06 bits per heavy atom. The minimum absolute atomic E-state index is 0.233. The second-order valence-corrected chi connectivity index (χ2v) is 7.04. The molecular formula is C21H22O12. The van der Waals surface area contributed by atoms with Gasteiger partial charge in [0.1, 0.15) is 24.4 Å². The maximum absolute atomic E-state index is 12.3. The monoisotopic (exact) mass is 466 g/mol. The molecule has 1 saturated heterocycles. The first kappa shape index (κ1) is 24.2. The van der Waals surface area contributed by atoms with Crippen LogP contribution in [-0.2, 0) is 20.9 Å². The highest BCUT2D eigenvalue weighted by atomic mass is 16.7. The first-order valence-corrected chi connectivity index (χ1v) is 9.66. The molecule has 33 heavy (non-hydrogen) atoms. The predicted molar refractivity (Wildman–Crippen MR) is 108 cm³/mol. The number of aliphatic hydroxyl groups is 4. The summed E-state index contributed by atoms with van der Waals surface area (Å²) in [4.78, 5) is 24.3. The SMILES string of the molecule is O=C(/C=C/c1ccc(O)c(O)c1)OCc1occc(=O)c1O[C@@H]1O[C@H](CO)[C@@H](O)[C@H](O)[C@H]1O. The average molecular weight is 466 g/mol. The van der Waals surface area contributed by atoms with Crippen molar-refractivity contribution >= 4 is 12.0 Å². The van der Waals surface area contributed by atoms with Gasteiger partial charge in [0, 0.05) is 12.1 Å². The lowest BCUT2D eigenvalue weighted by Crippen LogP contribution is -2.60. The van der Waals surface area contributed by atoms with Gasteiger partial charge in [-0.05, 0) is 23.8 Å². The van der Waals surface area contributed by atoms with Crippen LogP contribution in [0.2, 0.25) is 0 Å². The molecule has 0 saturated carbocycles. The van der Waals surface area contributed by atoms with E-state index in [1.54, 1.807) is 0 Å². The molecule has 12 heteroatoms. The van der Waals surface area contributed by atoms with Crippen LogP contribution in [-0.4, -0.2) is 73.9 Å². The van der Waals surface area contributed by atoms with Crippen LogP contribution in [0.4, 0.5) is 0 Å². The zero-order valence-electron chi connectivity index (χ0n) is 17.0. The van der Waals surface area contributed by atoms with Crippen molar-refractivity contribution in [2.45, 2.75) is 37.3 Å². The molecule has 1 aromatic heterocycles. The van der Waals surface area contributed by atoms with Gasteiger partial charge in [-0.1, -0.05) is 6.07 Å². The van der Waals surface area contributed by atoms with Gasteiger partial charge in [0.25, 0.3) is 0 Å². The van der Waals surface area contributed by atoms with Crippen LogP contribution < -0.4 is 10.2 Å². The van der Waals surface area contributed by atoms with Gasteiger partial charge >= 0.3 is 5.97 Å². The van der Waals surface area contributed by atoms with Gasteiger partial charge in [-0.2, -0.15) is 0 Å². The van der Waals surface area contributed by atoms with E-state index in [1.165, 1.54) is 24.3 Å². The Hall–Kier alpha value is -3.42. The van der Waals surface area contributed by atoms with Gasteiger partial charge in [0.05, 0.1) is 12.9 Å². The summed E-state index contributed by atoms with van der Waals surface area (Å²) in [5, 5.41) is 57.8. The fourth-order valence-electron chi connectivity index (χ4n) is 2.94. The van der Waals surface area contributed by atoms with Crippen molar-refractivity contribution < 1.29 is 54.1 Å². The molecule has 0 aliphatic carbocycles. The summed E-state index contributed by atoms with van der Waals surface area (Å²) >= 11 is 0. The Bertz CT molecular complexity index is 1060. The van der Waals surface area contributed by atoms with Crippen molar-refractivity contribution in [2.24, 2.45) is 0 Å². The fraction of sp³-hybridized carbons (Fsp3) is 0.333.